The minimum absolute atomic E-state index is 0.116. The standard InChI is InChI=1S/C11H17BrN2O2S/c1-8(15)5-6-14(2)11(16)13-7-9-3-4-10(12)17-9/h3-4,8,15H,5-7H2,1-2H3,(H,13,16). The van der Waals surface area contributed by atoms with Gasteiger partial charge in [0.2, 0.25) is 0 Å². The molecule has 1 unspecified atom stereocenters. The highest BCUT2D eigenvalue weighted by Crippen LogP contribution is 2.21. The summed E-state index contributed by atoms with van der Waals surface area (Å²) >= 11 is 4.98. The van der Waals surface area contributed by atoms with Crippen LogP contribution in [0.5, 0.6) is 0 Å². The summed E-state index contributed by atoms with van der Waals surface area (Å²) in [5.41, 5.74) is 0. The van der Waals surface area contributed by atoms with Gasteiger partial charge in [0, 0.05) is 18.5 Å². The normalized spacial score (nSPS) is 12.2. The fourth-order valence-corrected chi connectivity index (χ4v) is 2.65. The second-order valence-electron chi connectivity index (χ2n) is 3.92. The second kappa shape index (κ2) is 6.98. The molecule has 0 radical (unpaired) electrons. The molecule has 0 aliphatic rings. The monoisotopic (exact) mass is 320 g/mol. The number of hydrogen-bond donors (Lipinski definition) is 2. The average Bonchev–Trinajstić information content (AvgIpc) is 2.68. The Morgan fingerprint density at radius 2 is 2.35 bits per heavy atom. The first-order valence-corrected chi connectivity index (χ1v) is 7.01. The molecule has 2 N–H and O–H groups in total. The molecule has 0 saturated heterocycles. The highest BCUT2D eigenvalue weighted by atomic mass is 79.9. The number of hydrogen-bond acceptors (Lipinski definition) is 3. The van der Waals surface area contributed by atoms with Crippen LogP contribution in [0.25, 0.3) is 0 Å². The molecule has 1 rings (SSSR count). The van der Waals surface area contributed by atoms with Crippen molar-refractivity contribution < 1.29 is 9.90 Å². The molecular weight excluding hydrogens is 304 g/mol. The maximum atomic E-state index is 11.7. The van der Waals surface area contributed by atoms with Crippen molar-refractivity contribution in [3.8, 4) is 0 Å². The number of carbonyl (C=O) groups excluding carboxylic acids is 1. The van der Waals surface area contributed by atoms with Crippen LogP contribution in [0.4, 0.5) is 4.79 Å². The lowest BCUT2D eigenvalue weighted by Gasteiger charge is -2.18. The lowest BCUT2D eigenvalue weighted by molar-refractivity contribution is 0.163. The summed E-state index contributed by atoms with van der Waals surface area (Å²) in [6.45, 7) is 2.81. The predicted molar refractivity (Wildman–Crippen MR) is 73.2 cm³/mol. The molecule has 1 aromatic heterocycles. The summed E-state index contributed by atoms with van der Waals surface area (Å²) < 4.78 is 1.06. The number of halogens is 1. The van der Waals surface area contributed by atoms with Crippen molar-refractivity contribution in [3.05, 3.63) is 20.8 Å². The van der Waals surface area contributed by atoms with Crippen LogP contribution in [0, 0.1) is 0 Å². The molecule has 17 heavy (non-hydrogen) atoms. The number of nitrogens with one attached hydrogen (secondary N) is 1. The largest absolute Gasteiger partial charge is 0.393 e. The van der Waals surface area contributed by atoms with Gasteiger partial charge in [-0.2, -0.15) is 0 Å². The number of carbonyl (C=O) groups is 1. The third kappa shape index (κ3) is 5.52. The van der Waals surface area contributed by atoms with Crippen LogP contribution in [0.15, 0.2) is 15.9 Å². The van der Waals surface area contributed by atoms with Crippen molar-refractivity contribution >= 4 is 33.3 Å². The van der Waals surface area contributed by atoms with Crippen LogP contribution in [-0.4, -0.2) is 35.7 Å². The quantitative estimate of drug-likeness (QED) is 0.875. The summed E-state index contributed by atoms with van der Waals surface area (Å²) in [7, 11) is 1.72. The molecule has 96 valence electrons. The molecule has 0 fully saturated rings. The third-order valence-corrected chi connectivity index (χ3v) is 3.90. The summed E-state index contributed by atoms with van der Waals surface area (Å²) in [4.78, 5) is 14.3. The molecule has 1 heterocycles. The molecule has 0 saturated carbocycles. The SMILES string of the molecule is CC(O)CCN(C)C(=O)NCc1ccc(Br)s1. The van der Waals surface area contributed by atoms with E-state index >= 15 is 0 Å². The topological polar surface area (TPSA) is 52.6 Å². The summed E-state index contributed by atoms with van der Waals surface area (Å²) in [5.74, 6) is 0. The smallest absolute Gasteiger partial charge is 0.317 e. The third-order valence-electron chi connectivity index (χ3n) is 2.27. The highest BCUT2D eigenvalue weighted by molar-refractivity contribution is 9.11. The van der Waals surface area contributed by atoms with Crippen LogP contribution in [0.1, 0.15) is 18.2 Å². The maximum absolute atomic E-state index is 11.7. The Morgan fingerprint density at radius 1 is 1.65 bits per heavy atom. The Balaban J connectivity index is 2.29. The molecule has 0 aliphatic carbocycles. The predicted octanol–water partition coefficient (Wildman–Crippen LogP) is 2.42. The van der Waals surface area contributed by atoms with Gasteiger partial charge in [-0.25, -0.2) is 4.79 Å². The molecule has 1 aromatic rings. The van der Waals surface area contributed by atoms with Crippen molar-refractivity contribution in [1.29, 1.82) is 0 Å². The van der Waals surface area contributed by atoms with E-state index in [1.54, 1.807) is 30.2 Å². The lowest BCUT2D eigenvalue weighted by atomic mass is 10.3. The molecule has 0 aliphatic heterocycles. The van der Waals surface area contributed by atoms with Crippen molar-refractivity contribution in [1.82, 2.24) is 10.2 Å². The molecule has 4 nitrogen and oxygen atoms in total. The number of thiophene rings is 1. The van der Waals surface area contributed by atoms with E-state index in [1.807, 2.05) is 12.1 Å². The fourth-order valence-electron chi connectivity index (χ4n) is 1.23. The van der Waals surface area contributed by atoms with Crippen LogP contribution in [-0.2, 0) is 6.54 Å². The van der Waals surface area contributed by atoms with Gasteiger partial charge in [0.05, 0.1) is 16.4 Å². The zero-order valence-corrected chi connectivity index (χ0v) is 12.3. The Labute approximate surface area is 114 Å². The van der Waals surface area contributed by atoms with E-state index in [1.165, 1.54) is 0 Å². The van der Waals surface area contributed by atoms with E-state index in [4.69, 9.17) is 5.11 Å². The van der Waals surface area contributed by atoms with Crippen LogP contribution < -0.4 is 5.32 Å². The first kappa shape index (κ1) is 14.5. The van der Waals surface area contributed by atoms with Gasteiger partial charge in [-0.15, -0.1) is 11.3 Å². The lowest BCUT2D eigenvalue weighted by Crippen LogP contribution is -2.38. The van der Waals surface area contributed by atoms with E-state index in [0.717, 1.165) is 8.66 Å². The highest BCUT2D eigenvalue weighted by Gasteiger charge is 2.09. The van der Waals surface area contributed by atoms with Crippen molar-refractivity contribution in [2.75, 3.05) is 13.6 Å². The Hall–Kier alpha value is -0.590. The number of nitrogens with zero attached hydrogens (tertiary/aromatic N) is 1. The molecule has 0 bridgehead atoms. The summed E-state index contributed by atoms with van der Waals surface area (Å²) in [5, 5.41) is 12.0. The summed E-state index contributed by atoms with van der Waals surface area (Å²) in [6, 6.07) is 3.82. The van der Waals surface area contributed by atoms with E-state index in [2.05, 4.69) is 21.2 Å². The van der Waals surface area contributed by atoms with Gasteiger partial charge in [0.25, 0.3) is 0 Å². The van der Waals surface area contributed by atoms with E-state index in [9.17, 15) is 4.79 Å². The minimum atomic E-state index is -0.376. The number of aliphatic hydroxyl groups is 1. The average molecular weight is 321 g/mol. The second-order valence-corrected chi connectivity index (χ2v) is 6.47. The Morgan fingerprint density at radius 3 is 2.88 bits per heavy atom. The van der Waals surface area contributed by atoms with Gasteiger partial charge in [-0.05, 0) is 41.4 Å². The van der Waals surface area contributed by atoms with E-state index in [0.29, 0.717) is 19.5 Å². The zero-order chi connectivity index (χ0) is 12.8. The fraction of sp³-hybridized carbons (Fsp3) is 0.545. The molecule has 0 spiro atoms. The van der Waals surface area contributed by atoms with Crippen molar-refractivity contribution in [2.45, 2.75) is 26.0 Å². The number of urea groups is 1. The summed E-state index contributed by atoms with van der Waals surface area (Å²) in [6.07, 6.45) is 0.215. The van der Waals surface area contributed by atoms with E-state index < -0.39 is 0 Å². The zero-order valence-electron chi connectivity index (χ0n) is 9.94. The number of aliphatic hydroxyl groups excluding tert-OH is 1. The molecule has 1 atom stereocenters. The van der Waals surface area contributed by atoms with Gasteiger partial charge in [0.1, 0.15) is 0 Å². The van der Waals surface area contributed by atoms with Crippen LogP contribution >= 0.6 is 27.3 Å². The van der Waals surface area contributed by atoms with E-state index in [-0.39, 0.29) is 12.1 Å². The van der Waals surface area contributed by atoms with Crippen molar-refractivity contribution in [3.63, 3.8) is 0 Å². The van der Waals surface area contributed by atoms with Gasteiger partial charge in [-0.1, -0.05) is 0 Å². The van der Waals surface area contributed by atoms with Gasteiger partial charge >= 0.3 is 6.03 Å². The van der Waals surface area contributed by atoms with Gasteiger partial charge < -0.3 is 15.3 Å². The Kier molecular flexibility index (Phi) is 5.94. The number of rotatable bonds is 5. The van der Waals surface area contributed by atoms with Crippen molar-refractivity contribution in [2.24, 2.45) is 0 Å². The Bertz CT molecular complexity index is 368. The van der Waals surface area contributed by atoms with Gasteiger partial charge in [0.15, 0.2) is 0 Å². The molecule has 2 amide bonds. The first-order chi connectivity index (χ1) is 7.99. The van der Waals surface area contributed by atoms with Crippen LogP contribution in [0.2, 0.25) is 0 Å². The first-order valence-electron chi connectivity index (χ1n) is 5.40. The van der Waals surface area contributed by atoms with Gasteiger partial charge in [-0.3, -0.25) is 0 Å². The molecule has 0 aromatic carbocycles. The minimum Gasteiger partial charge on any atom is -0.393 e. The van der Waals surface area contributed by atoms with Crippen LogP contribution in [0.3, 0.4) is 0 Å². The molecular formula is C11H17BrN2O2S. The molecule has 6 heteroatoms. The number of amides is 2. The maximum Gasteiger partial charge on any atom is 0.317 e.